The lowest BCUT2D eigenvalue weighted by molar-refractivity contribution is 0.0596. The number of rotatable bonds is 4. The Morgan fingerprint density at radius 2 is 1.72 bits per heavy atom. The molecule has 0 bridgehead atoms. The fourth-order valence-electron chi connectivity index (χ4n) is 1.55. The lowest BCUT2D eigenvalue weighted by atomic mass is 10.1. The molecule has 0 aromatic heterocycles. The summed E-state index contributed by atoms with van der Waals surface area (Å²) in [6, 6.07) is 16.7. The highest BCUT2D eigenvalue weighted by Crippen LogP contribution is 2.09. The van der Waals surface area contributed by atoms with Crippen molar-refractivity contribution in [1.29, 1.82) is 0 Å². The lowest BCUT2D eigenvalue weighted by Gasteiger charge is -2.06. The molecule has 0 amide bonds. The minimum Gasteiger partial charge on any atom is -0.338 e. The van der Waals surface area contributed by atoms with Crippen LogP contribution in [-0.4, -0.2) is 5.97 Å². The second-order valence-electron chi connectivity index (χ2n) is 3.91. The second kappa shape index (κ2) is 5.87. The van der Waals surface area contributed by atoms with Crippen molar-refractivity contribution in [2.24, 2.45) is 0 Å². The molecule has 0 aliphatic heterocycles. The van der Waals surface area contributed by atoms with E-state index in [-0.39, 0.29) is 5.97 Å². The molecule has 0 fully saturated rings. The highest BCUT2D eigenvalue weighted by molar-refractivity contribution is 5.89. The van der Waals surface area contributed by atoms with Crippen molar-refractivity contribution in [2.45, 2.75) is 13.3 Å². The van der Waals surface area contributed by atoms with Crippen LogP contribution >= 0.6 is 0 Å². The average Bonchev–Trinajstić information content (AvgIpc) is 2.46. The van der Waals surface area contributed by atoms with Crippen LogP contribution in [0, 0.1) is 0 Å². The van der Waals surface area contributed by atoms with Gasteiger partial charge in [0, 0.05) is 0 Å². The van der Waals surface area contributed by atoms with Crippen LogP contribution in [0.4, 0.5) is 5.69 Å². The third-order valence-corrected chi connectivity index (χ3v) is 2.63. The molecule has 18 heavy (non-hydrogen) atoms. The first-order valence-electron chi connectivity index (χ1n) is 5.91. The van der Waals surface area contributed by atoms with Crippen LogP contribution in [0.2, 0.25) is 0 Å². The summed E-state index contributed by atoms with van der Waals surface area (Å²) in [5, 5.41) is 0. The molecule has 0 atom stereocenters. The maximum atomic E-state index is 11.7. The quantitative estimate of drug-likeness (QED) is 0.833. The Morgan fingerprint density at radius 3 is 2.33 bits per heavy atom. The molecule has 92 valence electrons. The number of hydrogen-bond acceptors (Lipinski definition) is 3. The molecule has 2 aromatic carbocycles. The van der Waals surface area contributed by atoms with E-state index in [0.717, 1.165) is 12.1 Å². The van der Waals surface area contributed by atoms with Gasteiger partial charge in [-0.3, -0.25) is 0 Å². The first-order valence-corrected chi connectivity index (χ1v) is 5.91. The number of hydrogen-bond donors (Lipinski definition) is 1. The van der Waals surface area contributed by atoms with Crippen LogP contribution in [0.5, 0.6) is 0 Å². The Morgan fingerprint density at radius 1 is 1.06 bits per heavy atom. The molecule has 3 nitrogen and oxygen atoms in total. The minimum atomic E-state index is -0.387. The molecule has 0 saturated heterocycles. The van der Waals surface area contributed by atoms with Crippen LogP contribution in [-0.2, 0) is 11.3 Å². The number of carbonyl (C=O) groups excluding carboxylic acids is 1. The van der Waals surface area contributed by atoms with Crippen molar-refractivity contribution in [3.8, 4) is 0 Å². The largest absolute Gasteiger partial charge is 0.362 e. The smallest absolute Gasteiger partial charge is 0.338 e. The first-order chi connectivity index (χ1) is 8.79. The van der Waals surface area contributed by atoms with Gasteiger partial charge in [-0.15, -0.1) is 0 Å². The van der Waals surface area contributed by atoms with E-state index in [1.165, 1.54) is 5.56 Å². The zero-order valence-corrected chi connectivity index (χ0v) is 10.2. The van der Waals surface area contributed by atoms with E-state index in [1.807, 2.05) is 42.5 Å². The van der Waals surface area contributed by atoms with E-state index < -0.39 is 0 Å². The van der Waals surface area contributed by atoms with Gasteiger partial charge in [0.2, 0.25) is 0 Å². The lowest BCUT2D eigenvalue weighted by Crippen LogP contribution is -2.10. The topological polar surface area (TPSA) is 38.3 Å². The summed E-state index contributed by atoms with van der Waals surface area (Å²) in [5.74, 6) is -0.387. The van der Waals surface area contributed by atoms with Crippen LogP contribution in [0.1, 0.15) is 22.8 Å². The Kier molecular flexibility index (Phi) is 3.97. The SMILES string of the molecule is CCc1ccc(C(=O)ONc2ccccc2)cc1. The molecule has 0 unspecified atom stereocenters. The predicted octanol–water partition coefficient (Wildman–Crippen LogP) is 3.43. The Balaban J connectivity index is 1.95. The van der Waals surface area contributed by atoms with Crippen molar-refractivity contribution in [1.82, 2.24) is 0 Å². The summed E-state index contributed by atoms with van der Waals surface area (Å²) in [4.78, 5) is 16.7. The van der Waals surface area contributed by atoms with E-state index in [9.17, 15) is 4.79 Å². The number of nitrogens with one attached hydrogen (secondary N) is 1. The minimum absolute atomic E-state index is 0.387. The highest BCUT2D eigenvalue weighted by Gasteiger charge is 2.06. The Labute approximate surface area is 106 Å². The molecule has 1 N–H and O–H groups in total. The normalized spacial score (nSPS) is 9.83. The molecular weight excluding hydrogens is 226 g/mol. The van der Waals surface area contributed by atoms with E-state index in [2.05, 4.69) is 12.4 Å². The zero-order chi connectivity index (χ0) is 12.8. The van der Waals surface area contributed by atoms with Crippen molar-refractivity contribution in [3.05, 3.63) is 65.7 Å². The first kappa shape index (κ1) is 12.2. The molecule has 0 heterocycles. The van der Waals surface area contributed by atoms with Gasteiger partial charge in [0.1, 0.15) is 0 Å². The van der Waals surface area contributed by atoms with Gasteiger partial charge in [0.05, 0.1) is 11.3 Å². The van der Waals surface area contributed by atoms with Gasteiger partial charge in [0.25, 0.3) is 0 Å². The van der Waals surface area contributed by atoms with Gasteiger partial charge >= 0.3 is 5.97 Å². The zero-order valence-electron chi connectivity index (χ0n) is 10.2. The molecule has 0 aliphatic carbocycles. The number of anilines is 1. The number of benzene rings is 2. The van der Waals surface area contributed by atoms with Gasteiger partial charge in [0.15, 0.2) is 0 Å². The maximum absolute atomic E-state index is 11.7. The molecule has 3 heteroatoms. The molecule has 0 aliphatic rings. The van der Waals surface area contributed by atoms with Crippen molar-refractivity contribution in [2.75, 3.05) is 5.48 Å². The fraction of sp³-hybridized carbons (Fsp3) is 0.133. The summed E-state index contributed by atoms with van der Waals surface area (Å²) in [7, 11) is 0. The van der Waals surface area contributed by atoms with Gasteiger partial charge in [-0.25, -0.2) is 10.3 Å². The predicted molar refractivity (Wildman–Crippen MR) is 71.3 cm³/mol. The molecule has 2 rings (SSSR count). The molecule has 0 spiro atoms. The van der Waals surface area contributed by atoms with E-state index in [1.54, 1.807) is 12.1 Å². The van der Waals surface area contributed by atoms with E-state index in [4.69, 9.17) is 4.84 Å². The number of aryl methyl sites for hydroxylation is 1. The van der Waals surface area contributed by atoms with E-state index in [0.29, 0.717) is 5.56 Å². The van der Waals surface area contributed by atoms with Crippen molar-refractivity contribution >= 4 is 11.7 Å². The average molecular weight is 241 g/mol. The number of carbonyl (C=O) groups is 1. The second-order valence-corrected chi connectivity index (χ2v) is 3.91. The fourth-order valence-corrected chi connectivity index (χ4v) is 1.55. The standard InChI is InChI=1S/C15H15NO2/c1-2-12-8-10-13(11-9-12)15(17)18-16-14-6-4-3-5-7-14/h3-11,16H,2H2,1H3. The van der Waals surface area contributed by atoms with E-state index >= 15 is 0 Å². The molecule has 0 radical (unpaired) electrons. The van der Waals surface area contributed by atoms with Crippen molar-refractivity contribution in [3.63, 3.8) is 0 Å². The van der Waals surface area contributed by atoms with Crippen LogP contribution in [0.3, 0.4) is 0 Å². The number of para-hydroxylation sites is 1. The van der Waals surface area contributed by atoms with Crippen molar-refractivity contribution < 1.29 is 9.63 Å². The van der Waals surface area contributed by atoms with Crippen LogP contribution < -0.4 is 5.48 Å². The summed E-state index contributed by atoms with van der Waals surface area (Å²) in [6.07, 6.45) is 0.956. The Hall–Kier alpha value is -2.29. The van der Waals surface area contributed by atoms with Crippen LogP contribution in [0.15, 0.2) is 54.6 Å². The third-order valence-electron chi connectivity index (χ3n) is 2.63. The molecule has 0 saturated carbocycles. The monoisotopic (exact) mass is 241 g/mol. The molecular formula is C15H15NO2. The molecule has 2 aromatic rings. The summed E-state index contributed by atoms with van der Waals surface area (Å²) < 4.78 is 0. The summed E-state index contributed by atoms with van der Waals surface area (Å²) >= 11 is 0. The Bertz CT molecular complexity index is 506. The summed E-state index contributed by atoms with van der Waals surface area (Å²) in [5.41, 5.74) is 5.10. The summed E-state index contributed by atoms with van der Waals surface area (Å²) in [6.45, 7) is 2.07. The van der Waals surface area contributed by atoms with Gasteiger partial charge in [-0.2, -0.15) is 0 Å². The van der Waals surface area contributed by atoms with Gasteiger partial charge < -0.3 is 4.84 Å². The maximum Gasteiger partial charge on any atom is 0.362 e. The third kappa shape index (κ3) is 3.10. The van der Waals surface area contributed by atoms with Gasteiger partial charge in [-0.1, -0.05) is 37.3 Å². The highest BCUT2D eigenvalue weighted by atomic mass is 16.7. The van der Waals surface area contributed by atoms with Gasteiger partial charge in [-0.05, 0) is 36.2 Å². The van der Waals surface area contributed by atoms with Crippen LogP contribution in [0.25, 0.3) is 0 Å².